The van der Waals surface area contributed by atoms with Crippen LogP contribution in [0.5, 0.6) is 0 Å². The van der Waals surface area contributed by atoms with Crippen molar-refractivity contribution in [2.24, 2.45) is 0 Å². The molecule has 1 rings (SSSR count). The zero-order valence-electron chi connectivity index (χ0n) is 16.6. The Morgan fingerprint density at radius 3 is 1.92 bits per heavy atom. The minimum atomic E-state index is -0.443. The van der Waals surface area contributed by atoms with Crippen molar-refractivity contribution in [1.29, 1.82) is 0 Å². The van der Waals surface area contributed by atoms with Crippen molar-refractivity contribution < 1.29 is 19.1 Å². The third-order valence-electron chi connectivity index (χ3n) is 4.31. The second kappa shape index (κ2) is 13.4. The highest BCUT2D eigenvalue weighted by atomic mass is 16.5. The van der Waals surface area contributed by atoms with Crippen LogP contribution >= 0.6 is 0 Å². The van der Waals surface area contributed by atoms with E-state index in [1.54, 1.807) is 12.2 Å². The number of carbonyl (C=O) groups excluding carboxylic acids is 2. The number of hydrogen-bond acceptors (Lipinski definition) is 4. The average molecular weight is 363 g/mol. The van der Waals surface area contributed by atoms with Crippen LogP contribution in [0.4, 0.5) is 0 Å². The molecule has 0 unspecified atom stereocenters. The average Bonchev–Trinajstić information content (AvgIpc) is 2.82. The summed E-state index contributed by atoms with van der Waals surface area (Å²) in [6.45, 7) is 7.00. The van der Waals surface area contributed by atoms with Crippen molar-refractivity contribution in [3.05, 3.63) is 34.9 Å². The molecule has 0 radical (unpaired) electrons. The van der Waals surface area contributed by atoms with E-state index in [0.29, 0.717) is 30.8 Å². The van der Waals surface area contributed by atoms with Gasteiger partial charge in [0, 0.05) is 0 Å². The minimum absolute atomic E-state index is 0.302. The third-order valence-corrected chi connectivity index (χ3v) is 4.31. The van der Waals surface area contributed by atoms with Crippen LogP contribution in [0.25, 0.3) is 0 Å². The highest BCUT2D eigenvalue weighted by molar-refractivity contribution is 6.04. The molecule has 0 atom stereocenters. The molecule has 0 bridgehead atoms. The normalized spacial score (nSPS) is 14.0. The van der Waals surface area contributed by atoms with Crippen LogP contribution in [0.1, 0.15) is 78.6 Å². The molecular formula is C22H34O4. The Bertz CT molecular complexity index is 540. The Morgan fingerprint density at radius 2 is 1.38 bits per heavy atom. The molecule has 4 nitrogen and oxygen atoms in total. The first-order valence-corrected chi connectivity index (χ1v) is 10.0. The Morgan fingerprint density at radius 1 is 0.846 bits per heavy atom. The lowest BCUT2D eigenvalue weighted by atomic mass is 10.1. The largest absolute Gasteiger partial charge is 0.462 e. The predicted octanol–water partition coefficient (Wildman–Crippen LogP) is 5.44. The zero-order valence-corrected chi connectivity index (χ0v) is 16.6. The summed E-state index contributed by atoms with van der Waals surface area (Å²) in [6, 6.07) is 0. The van der Waals surface area contributed by atoms with Gasteiger partial charge in [0.25, 0.3) is 0 Å². The maximum Gasteiger partial charge on any atom is 0.339 e. The van der Waals surface area contributed by atoms with E-state index in [1.807, 2.05) is 13.0 Å². The number of rotatable bonds is 12. The molecule has 146 valence electrons. The molecule has 0 saturated carbocycles. The Kier molecular flexibility index (Phi) is 11.4. The lowest BCUT2D eigenvalue weighted by Crippen LogP contribution is -2.15. The molecule has 0 aromatic carbocycles. The van der Waals surface area contributed by atoms with E-state index in [4.69, 9.17) is 9.47 Å². The van der Waals surface area contributed by atoms with Gasteiger partial charge in [0.15, 0.2) is 0 Å². The Hall–Kier alpha value is -1.84. The summed E-state index contributed by atoms with van der Waals surface area (Å²) in [7, 11) is 0. The second-order valence-corrected chi connectivity index (χ2v) is 6.82. The van der Waals surface area contributed by atoms with Crippen LogP contribution in [0.2, 0.25) is 0 Å². The van der Waals surface area contributed by atoms with E-state index < -0.39 is 11.9 Å². The molecule has 1 aliphatic carbocycles. The van der Waals surface area contributed by atoms with E-state index in [-0.39, 0.29) is 0 Å². The van der Waals surface area contributed by atoms with Gasteiger partial charge in [0.2, 0.25) is 0 Å². The van der Waals surface area contributed by atoms with Crippen molar-refractivity contribution in [1.82, 2.24) is 0 Å². The predicted molar refractivity (Wildman–Crippen MR) is 105 cm³/mol. The molecule has 26 heavy (non-hydrogen) atoms. The number of unbranched alkanes of at least 4 members (excludes halogenated alkanes) is 6. The van der Waals surface area contributed by atoms with Crippen molar-refractivity contribution in [2.75, 3.05) is 13.2 Å². The molecule has 0 saturated heterocycles. The topological polar surface area (TPSA) is 52.6 Å². The fraction of sp³-hybridized carbons (Fsp3) is 0.636. The number of ether oxygens (including phenoxy) is 2. The van der Waals surface area contributed by atoms with Gasteiger partial charge in [-0.3, -0.25) is 0 Å². The van der Waals surface area contributed by atoms with Gasteiger partial charge in [-0.2, -0.15) is 0 Å². The minimum Gasteiger partial charge on any atom is -0.462 e. The SMILES string of the molecule is CCCCCCOC(=O)C1=C(C(=O)OCCCCCC)C=C(C)CC=C1. The van der Waals surface area contributed by atoms with Gasteiger partial charge in [0.1, 0.15) is 0 Å². The fourth-order valence-electron chi connectivity index (χ4n) is 2.73. The van der Waals surface area contributed by atoms with Gasteiger partial charge in [-0.25, -0.2) is 9.59 Å². The van der Waals surface area contributed by atoms with Gasteiger partial charge in [0.05, 0.1) is 24.4 Å². The molecule has 0 aromatic heterocycles. The first-order chi connectivity index (χ1) is 12.6. The highest BCUT2D eigenvalue weighted by Crippen LogP contribution is 2.20. The van der Waals surface area contributed by atoms with Crippen molar-refractivity contribution in [2.45, 2.75) is 78.6 Å². The summed E-state index contributed by atoms with van der Waals surface area (Å²) in [5, 5.41) is 0. The Labute approximate surface area is 158 Å². The summed E-state index contributed by atoms with van der Waals surface area (Å²) in [5.74, 6) is -0.882. The monoisotopic (exact) mass is 362 g/mol. The van der Waals surface area contributed by atoms with Crippen LogP contribution in [-0.4, -0.2) is 25.2 Å². The van der Waals surface area contributed by atoms with Gasteiger partial charge < -0.3 is 9.47 Å². The van der Waals surface area contributed by atoms with Crippen LogP contribution in [0.15, 0.2) is 34.9 Å². The molecule has 4 heteroatoms. The van der Waals surface area contributed by atoms with Crippen molar-refractivity contribution in [3.8, 4) is 0 Å². The molecule has 0 fully saturated rings. The molecule has 0 heterocycles. The van der Waals surface area contributed by atoms with Gasteiger partial charge in [-0.15, -0.1) is 0 Å². The zero-order chi connectivity index (χ0) is 19.2. The lowest BCUT2D eigenvalue weighted by Gasteiger charge is -2.10. The van der Waals surface area contributed by atoms with Gasteiger partial charge in [-0.1, -0.05) is 70.1 Å². The van der Waals surface area contributed by atoms with Gasteiger partial charge in [-0.05, 0) is 32.3 Å². The van der Waals surface area contributed by atoms with E-state index in [0.717, 1.165) is 56.9 Å². The number of allylic oxidation sites excluding steroid dienone is 2. The first kappa shape index (κ1) is 22.2. The highest BCUT2D eigenvalue weighted by Gasteiger charge is 2.21. The number of hydrogen-bond donors (Lipinski definition) is 0. The quantitative estimate of drug-likeness (QED) is 0.343. The maximum absolute atomic E-state index is 12.5. The van der Waals surface area contributed by atoms with E-state index in [2.05, 4.69) is 13.8 Å². The second-order valence-electron chi connectivity index (χ2n) is 6.82. The molecule has 0 N–H and O–H groups in total. The van der Waals surface area contributed by atoms with E-state index in [9.17, 15) is 9.59 Å². The van der Waals surface area contributed by atoms with Crippen LogP contribution in [0.3, 0.4) is 0 Å². The molecular weight excluding hydrogens is 328 g/mol. The fourth-order valence-corrected chi connectivity index (χ4v) is 2.73. The Balaban J connectivity index is 2.71. The summed E-state index contributed by atoms with van der Waals surface area (Å²) in [6.07, 6.45) is 14.4. The molecule has 0 amide bonds. The van der Waals surface area contributed by atoms with Crippen molar-refractivity contribution in [3.63, 3.8) is 0 Å². The van der Waals surface area contributed by atoms with Gasteiger partial charge >= 0.3 is 11.9 Å². The molecule has 0 aromatic rings. The number of carbonyl (C=O) groups is 2. The standard InChI is InChI=1S/C22H34O4/c1-4-6-8-10-15-25-21(23)19-14-12-13-18(3)17-20(19)22(24)26-16-11-9-7-5-2/h12,14,17H,4-11,13,15-16H2,1-3H3. The summed E-state index contributed by atoms with van der Waals surface area (Å²) in [5.41, 5.74) is 1.63. The summed E-state index contributed by atoms with van der Waals surface area (Å²) >= 11 is 0. The molecule has 1 aliphatic rings. The van der Waals surface area contributed by atoms with Crippen molar-refractivity contribution >= 4 is 11.9 Å². The summed E-state index contributed by atoms with van der Waals surface area (Å²) < 4.78 is 10.8. The smallest absolute Gasteiger partial charge is 0.339 e. The molecule has 0 spiro atoms. The third kappa shape index (κ3) is 8.50. The summed E-state index contributed by atoms with van der Waals surface area (Å²) in [4.78, 5) is 24.9. The van der Waals surface area contributed by atoms with Crippen LogP contribution in [-0.2, 0) is 19.1 Å². The van der Waals surface area contributed by atoms with Crippen LogP contribution < -0.4 is 0 Å². The molecule has 0 aliphatic heterocycles. The van der Waals surface area contributed by atoms with Crippen LogP contribution in [0, 0.1) is 0 Å². The lowest BCUT2D eigenvalue weighted by molar-refractivity contribution is -0.141. The van der Waals surface area contributed by atoms with E-state index in [1.165, 1.54) is 0 Å². The maximum atomic E-state index is 12.5. The first-order valence-electron chi connectivity index (χ1n) is 10.0. The van der Waals surface area contributed by atoms with E-state index >= 15 is 0 Å². The number of esters is 2.